The highest BCUT2D eigenvalue weighted by Crippen LogP contribution is 2.31. The second-order valence-corrected chi connectivity index (χ2v) is 4.12. The summed E-state index contributed by atoms with van der Waals surface area (Å²) in [6, 6.07) is 4.52. The van der Waals surface area contributed by atoms with E-state index in [9.17, 15) is 14.7 Å². The van der Waals surface area contributed by atoms with Crippen LogP contribution in [0, 0.1) is 5.92 Å². The van der Waals surface area contributed by atoms with E-state index in [2.05, 4.69) is 0 Å². The van der Waals surface area contributed by atoms with Crippen molar-refractivity contribution in [2.75, 3.05) is 6.61 Å². The highest BCUT2D eigenvalue weighted by atomic mass is 16.5. The smallest absolute Gasteiger partial charge is 0.312 e. The van der Waals surface area contributed by atoms with Gasteiger partial charge in [-0.1, -0.05) is 6.07 Å². The topological polar surface area (TPSA) is 72.8 Å². The van der Waals surface area contributed by atoms with Gasteiger partial charge in [-0.3, -0.25) is 9.59 Å². The molecule has 1 unspecified atom stereocenters. The average Bonchev–Trinajstić information content (AvgIpc) is 2.47. The van der Waals surface area contributed by atoms with Crippen LogP contribution in [-0.4, -0.2) is 23.7 Å². The second kappa shape index (κ2) is 5.08. The van der Waals surface area contributed by atoms with Gasteiger partial charge < -0.3 is 14.6 Å². The van der Waals surface area contributed by atoms with E-state index in [1.165, 1.54) is 12.1 Å². The van der Waals surface area contributed by atoms with Crippen molar-refractivity contribution in [3.8, 4) is 11.5 Å². The molecule has 0 spiro atoms. The summed E-state index contributed by atoms with van der Waals surface area (Å²) in [6.07, 6.45) is 0.370. The number of phenolic OH excluding ortho intramolecular Hbond substituents is 1. The Labute approximate surface area is 104 Å². The first kappa shape index (κ1) is 12.4. The molecular formula is C13H14O5. The highest BCUT2D eigenvalue weighted by molar-refractivity contribution is 5.82. The predicted molar refractivity (Wildman–Crippen MR) is 62.2 cm³/mol. The molecule has 1 aromatic rings. The van der Waals surface area contributed by atoms with Crippen LogP contribution < -0.4 is 4.74 Å². The summed E-state index contributed by atoms with van der Waals surface area (Å²) >= 11 is 0. The molecule has 96 valence electrons. The molecule has 5 nitrogen and oxygen atoms in total. The van der Waals surface area contributed by atoms with Gasteiger partial charge in [0.2, 0.25) is 0 Å². The second-order valence-electron chi connectivity index (χ2n) is 4.12. The van der Waals surface area contributed by atoms with Gasteiger partial charge in [-0.15, -0.1) is 0 Å². The summed E-state index contributed by atoms with van der Waals surface area (Å²) in [7, 11) is 0. The minimum Gasteiger partial charge on any atom is -0.508 e. The first-order valence-electron chi connectivity index (χ1n) is 5.79. The lowest BCUT2D eigenvalue weighted by Crippen LogP contribution is -2.22. The van der Waals surface area contributed by atoms with Crippen molar-refractivity contribution in [2.45, 2.75) is 19.8 Å². The van der Waals surface area contributed by atoms with E-state index in [-0.39, 0.29) is 18.8 Å². The molecule has 18 heavy (non-hydrogen) atoms. The van der Waals surface area contributed by atoms with Crippen LogP contribution in [0.4, 0.5) is 0 Å². The number of carbonyl (C=O) groups is 2. The zero-order chi connectivity index (χ0) is 13.1. The monoisotopic (exact) mass is 250 g/mol. The molecular weight excluding hydrogens is 236 g/mol. The van der Waals surface area contributed by atoms with Crippen molar-refractivity contribution in [2.24, 2.45) is 5.92 Å². The highest BCUT2D eigenvalue weighted by Gasteiger charge is 2.29. The van der Waals surface area contributed by atoms with Crippen LogP contribution in [0.25, 0.3) is 0 Å². The standard InChI is InChI=1S/C13H14O5/c1-2-17-13(16)9-5-8-3-4-10(14)7-11(8)18-12(15)6-9/h3-4,7,9,14H,2,5-6H2,1H3. The van der Waals surface area contributed by atoms with E-state index in [4.69, 9.17) is 9.47 Å². The lowest BCUT2D eigenvalue weighted by Gasteiger charge is -2.11. The molecule has 1 aliphatic rings. The van der Waals surface area contributed by atoms with Crippen LogP contribution in [0.5, 0.6) is 11.5 Å². The minimum absolute atomic E-state index is 0.00568. The molecule has 0 fully saturated rings. The first-order chi connectivity index (χ1) is 8.60. The Hall–Kier alpha value is -2.04. The third-order valence-electron chi connectivity index (χ3n) is 2.77. The number of esters is 2. The number of aromatic hydroxyl groups is 1. The van der Waals surface area contributed by atoms with Gasteiger partial charge in [0.05, 0.1) is 18.9 Å². The van der Waals surface area contributed by atoms with Gasteiger partial charge in [0.1, 0.15) is 11.5 Å². The van der Waals surface area contributed by atoms with E-state index < -0.39 is 17.9 Å². The zero-order valence-corrected chi connectivity index (χ0v) is 10.0. The number of carbonyl (C=O) groups excluding carboxylic acids is 2. The molecule has 1 atom stereocenters. The molecule has 0 saturated carbocycles. The van der Waals surface area contributed by atoms with Gasteiger partial charge in [-0.25, -0.2) is 0 Å². The quantitative estimate of drug-likeness (QED) is 0.634. The Balaban J connectivity index is 2.27. The fourth-order valence-corrected chi connectivity index (χ4v) is 1.94. The number of hydrogen-bond donors (Lipinski definition) is 1. The Morgan fingerprint density at radius 1 is 1.50 bits per heavy atom. The van der Waals surface area contributed by atoms with Gasteiger partial charge in [-0.2, -0.15) is 0 Å². The van der Waals surface area contributed by atoms with Gasteiger partial charge in [0, 0.05) is 6.07 Å². The third-order valence-corrected chi connectivity index (χ3v) is 2.77. The fraction of sp³-hybridized carbons (Fsp3) is 0.385. The van der Waals surface area contributed by atoms with Crippen LogP contribution >= 0.6 is 0 Å². The van der Waals surface area contributed by atoms with E-state index in [1.54, 1.807) is 13.0 Å². The van der Waals surface area contributed by atoms with Crippen LogP contribution in [0.3, 0.4) is 0 Å². The number of ether oxygens (including phenoxy) is 2. The van der Waals surface area contributed by atoms with Gasteiger partial charge in [0.25, 0.3) is 0 Å². The van der Waals surface area contributed by atoms with Crippen LogP contribution in [-0.2, 0) is 20.7 Å². The van der Waals surface area contributed by atoms with E-state index in [1.807, 2.05) is 0 Å². The van der Waals surface area contributed by atoms with E-state index >= 15 is 0 Å². The molecule has 0 saturated heterocycles. The van der Waals surface area contributed by atoms with Crippen LogP contribution in [0.1, 0.15) is 18.9 Å². The molecule has 1 aromatic carbocycles. The summed E-state index contributed by atoms with van der Waals surface area (Å²) in [4.78, 5) is 23.3. The van der Waals surface area contributed by atoms with Gasteiger partial charge in [0.15, 0.2) is 0 Å². The molecule has 0 aromatic heterocycles. The number of fused-ring (bicyclic) bond motifs is 1. The Morgan fingerprint density at radius 2 is 2.28 bits per heavy atom. The molecule has 0 bridgehead atoms. The number of phenols is 1. The maximum atomic E-state index is 11.7. The summed E-state index contributed by atoms with van der Waals surface area (Å²) in [5, 5.41) is 9.34. The maximum Gasteiger partial charge on any atom is 0.312 e. The van der Waals surface area contributed by atoms with Crippen molar-refractivity contribution >= 4 is 11.9 Å². The van der Waals surface area contributed by atoms with Gasteiger partial charge in [-0.05, 0) is 25.0 Å². The first-order valence-corrected chi connectivity index (χ1v) is 5.79. The van der Waals surface area contributed by atoms with Gasteiger partial charge >= 0.3 is 11.9 Å². The molecule has 0 aliphatic carbocycles. The van der Waals surface area contributed by atoms with Crippen LogP contribution in [0.15, 0.2) is 18.2 Å². The SMILES string of the molecule is CCOC(=O)C1CC(=O)Oc2cc(O)ccc2C1. The molecule has 2 rings (SSSR count). The van der Waals surface area contributed by atoms with Crippen molar-refractivity contribution < 1.29 is 24.2 Å². The minimum atomic E-state index is -0.525. The molecule has 0 radical (unpaired) electrons. The van der Waals surface area contributed by atoms with Crippen molar-refractivity contribution in [1.29, 1.82) is 0 Å². The average molecular weight is 250 g/mol. The molecule has 1 aliphatic heterocycles. The van der Waals surface area contributed by atoms with E-state index in [0.717, 1.165) is 5.56 Å². The lowest BCUT2D eigenvalue weighted by atomic mass is 9.97. The zero-order valence-electron chi connectivity index (χ0n) is 10.0. The molecule has 0 amide bonds. The summed E-state index contributed by atoms with van der Waals surface area (Å²) in [5.74, 6) is -1.07. The molecule has 5 heteroatoms. The van der Waals surface area contributed by atoms with Crippen molar-refractivity contribution in [3.63, 3.8) is 0 Å². The number of benzene rings is 1. The Bertz CT molecular complexity index is 480. The summed E-state index contributed by atoms with van der Waals surface area (Å²) < 4.78 is 10.0. The Kier molecular flexibility index (Phi) is 3.50. The van der Waals surface area contributed by atoms with Crippen molar-refractivity contribution in [3.05, 3.63) is 23.8 Å². The summed E-state index contributed by atoms with van der Waals surface area (Å²) in [5.41, 5.74) is 0.719. The Morgan fingerprint density at radius 3 is 3.00 bits per heavy atom. The number of rotatable bonds is 2. The molecule has 1 heterocycles. The number of hydrogen-bond acceptors (Lipinski definition) is 5. The largest absolute Gasteiger partial charge is 0.508 e. The third kappa shape index (κ3) is 2.61. The summed E-state index contributed by atoms with van der Waals surface area (Å²) in [6.45, 7) is 2.01. The van der Waals surface area contributed by atoms with E-state index in [0.29, 0.717) is 12.2 Å². The maximum absolute atomic E-state index is 11.7. The van der Waals surface area contributed by atoms with Crippen LogP contribution in [0.2, 0.25) is 0 Å². The molecule has 1 N–H and O–H groups in total. The fourth-order valence-electron chi connectivity index (χ4n) is 1.94. The van der Waals surface area contributed by atoms with Crippen molar-refractivity contribution in [1.82, 2.24) is 0 Å². The normalized spacial score (nSPS) is 18.5. The predicted octanol–water partition coefficient (Wildman–Crippen LogP) is 1.42. The lowest BCUT2D eigenvalue weighted by molar-refractivity contribution is -0.151.